The Morgan fingerprint density at radius 3 is 2.28 bits per heavy atom. The van der Waals surface area contributed by atoms with Crippen molar-refractivity contribution in [3.8, 4) is 0 Å². The molecule has 1 aromatic carbocycles. The minimum absolute atomic E-state index is 0. The summed E-state index contributed by atoms with van der Waals surface area (Å²) in [5.74, 6) is 0. The van der Waals surface area contributed by atoms with Gasteiger partial charge in [0, 0.05) is 19.1 Å². The molecule has 2 rings (SSSR count). The van der Waals surface area contributed by atoms with Crippen molar-refractivity contribution in [2.24, 2.45) is 5.73 Å². The lowest BCUT2D eigenvalue weighted by atomic mass is 10.3. The highest BCUT2D eigenvalue weighted by Crippen LogP contribution is 2.32. The maximum absolute atomic E-state index is 12.3. The number of nitrogens with zero attached hydrogens (tertiary/aromatic N) is 1. The van der Waals surface area contributed by atoms with Crippen LogP contribution in [0.1, 0.15) is 6.42 Å². The van der Waals surface area contributed by atoms with Crippen LogP contribution in [0.15, 0.2) is 23.1 Å². The molecule has 0 unspecified atom stereocenters. The summed E-state index contributed by atoms with van der Waals surface area (Å²) >= 11 is 11.8. The first kappa shape index (κ1) is 16.0. The second kappa shape index (κ2) is 5.94. The van der Waals surface area contributed by atoms with Gasteiger partial charge in [-0.05, 0) is 18.6 Å². The van der Waals surface area contributed by atoms with Crippen molar-refractivity contribution in [1.82, 2.24) is 4.31 Å². The topological polar surface area (TPSA) is 63.4 Å². The highest BCUT2D eigenvalue weighted by Gasteiger charge is 2.33. The van der Waals surface area contributed by atoms with E-state index in [2.05, 4.69) is 0 Å². The zero-order chi connectivity index (χ0) is 12.6. The zero-order valence-electron chi connectivity index (χ0n) is 9.34. The van der Waals surface area contributed by atoms with Crippen LogP contribution < -0.4 is 5.73 Å². The first-order valence-corrected chi connectivity index (χ1v) is 7.32. The van der Waals surface area contributed by atoms with Gasteiger partial charge in [-0.1, -0.05) is 29.3 Å². The highest BCUT2D eigenvalue weighted by molar-refractivity contribution is 7.89. The van der Waals surface area contributed by atoms with Crippen LogP contribution in [0.4, 0.5) is 0 Å². The Morgan fingerprint density at radius 2 is 1.83 bits per heavy atom. The standard InChI is InChI=1S/C10H12Cl2N2O2S.ClH/c11-8-2-1-3-9(12)10(8)17(15,16)14-5-4-7(13)6-14;/h1-3,7H,4-6,13H2;1H/t7-;/m0./s1. The largest absolute Gasteiger partial charge is 0.326 e. The summed E-state index contributed by atoms with van der Waals surface area (Å²) in [5.41, 5.74) is 5.70. The fraction of sp³-hybridized carbons (Fsp3) is 0.400. The summed E-state index contributed by atoms with van der Waals surface area (Å²) in [6.07, 6.45) is 0.654. The Morgan fingerprint density at radius 1 is 1.28 bits per heavy atom. The Balaban J connectivity index is 0.00000162. The van der Waals surface area contributed by atoms with Crippen LogP contribution in [0, 0.1) is 0 Å². The molecule has 102 valence electrons. The second-order valence-electron chi connectivity index (χ2n) is 3.96. The number of hydrogen-bond donors (Lipinski definition) is 1. The highest BCUT2D eigenvalue weighted by atomic mass is 35.5. The normalized spacial score (nSPS) is 20.7. The Kier molecular flexibility index (Phi) is 5.29. The lowest BCUT2D eigenvalue weighted by Gasteiger charge is -2.17. The molecule has 0 spiro atoms. The van der Waals surface area contributed by atoms with E-state index in [-0.39, 0.29) is 33.4 Å². The first-order valence-electron chi connectivity index (χ1n) is 5.12. The Hall–Kier alpha value is -0.0400. The van der Waals surface area contributed by atoms with Gasteiger partial charge in [0.25, 0.3) is 0 Å². The van der Waals surface area contributed by atoms with Crippen molar-refractivity contribution in [1.29, 1.82) is 0 Å². The van der Waals surface area contributed by atoms with Crippen LogP contribution in [0.5, 0.6) is 0 Å². The van der Waals surface area contributed by atoms with Gasteiger partial charge in [0.1, 0.15) is 4.90 Å². The summed E-state index contributed by atoms with van der Waals surface area (Å²) in [6.45, 7) is 0.717. The van der Waals surface area contributed by atoms with Crippen molar-refractivity contribution in [3.63, 3.8) is 0 Å². The molecule has 1 aromatic rings. The molecule has 0 saturated carbocycles. The number of benzene rings is 1. The SMILES string of the molecule is Cl.N[C@H]1CCN(S(=O)(=O)c2c(Cl)cccc2Cl)C1. The smallest absolute Gasteiger partial charge is 0.246 e. The van der Waals surface area contributed by atoms with Crippen LogP contribution in [-0.2, 0) is 10.0 Å². The minimum atomic E-state index is -3.64. The molecule has 4 nitrogen and oxygen atoms in total. The third-order valence-corrected chi connectivity index (χ3v) is 5.53. The molecule has 1 heterocycles. The Labute approximate surface area is 123 Å². The van der Waals surface area contributed by atoms with Crippen LogP contribution in [0.25, 0.3) is 0 Å². The molecule has 8 heteroatoms. The maximum Gasteiger partial charge on any atom is 0.246 e. The van der Waals surface area contributed by atoms with Crippen LogP contribution >= 0.6 is 35.6 Å². The van der Waals surface area contributed by atoms with Gasteiger partial charge >= 0.3 is 0 Å². The van der Waals surface area contributed by atoms with Crippen molar-refractivity contribution in [3.05, 3.63) is 28.2 Å². The maximum atomic E-state index is 12.3. The molecule has 0 aliphatic carbocycles. The van der Waals surface area contributed by atoms with Crippen molar-refractivity contribution >= 4 is 45.6 Å². The molecule has 1 fully saturated rings. The zero-order valence-corrected chi connectivity index (χ0v) is 12.5. The minimum Gasteiger partial charge on any atom is -0.326 e. The molecule has 1 aliphatic rings. The monoisotopic (exact) mass is 330 g/mol. The Bertz CT molecular complexity index is 516. The van der Waals surface area contributed by atoms with E-state index < -0.39 is 10.0 Å². The van der Waals surface area contributed by atoms with E-state index in [1.807, 2.05) is 0 Å². The van der Waals surface area contributed by atoms with Gasteiger partial charge in [-0.2, -0.15) is 4.31 Å². The number of nitrogens with two attached hydrogens (primary N) is 1. The summed E-state index contributed by atoms with van der Waals surface area (Å²) in [7, 11) is -3.64. The second-order valence-corrected chi connectivity index (χ2v) is 6.65. The molecule has 0 radical (unpaired) electrons. The molecule has 1 saturated heterocycles. The lowest BCUT2D eigenvalue weighted by molar-refractivity contribution is 0.472. The van der Waals surface area contributed by atoms with E-state index in [0.717, 1.165) is 0 Å². The summed E-state index contributed by atoms with van der Waals surface area (Å²) in [5, 5.41) is 0.274. The molecule has 0 aromatic heterocycles. The molecule has 0 bridgehead atoms. The molecular weight excluding hydrogens is 319 g/mol. The van der Waals surface area contributed by atoms with Crippen LogP contribution in [-0.4, -0.2) is 31.9 Å². The molecule has 18 heavy (non-hydrogen) atoms. The number of hydrogen-bond acceptors (Lipinski definition) is 3. The van der Waals surface area contributed by atoms with E-state index in [1.54, 1.807) is 6.07 Å². The summed E-state index contributed by atoms with van der Waals surface area (Å²) in [6, 6.07) is 4.51. The lowest BCUT2D eigenvalue weighted by Crippen LogP contribution is -2.32. The van der Waals surface area contributed by atoms with Crippen molar-refractivity contribution < 1.29 is 8.42 Å². The summed E-state index contributed by atoms with van der Waals surface area (Å²) in [4.78, 5) is -0.0302. The third kappa shape index (κ3) is 2.92. The molecule has 1 aliphatic heterocycles. The average Bonchev–Trinajstić information content (AvgIpc) is 2.64. The predicted molar refractivity (Wildman–Crippen MR) is 75.1 cm³/mol. The van der Waals surface area contributed by atoms with Gasteiger partial charge in [-0.25, -0.2) is 8.42 Å². The van der Waals surface area contributed by atoms with Crippen LogP contribution in [0.3, 0.4) is 0 Å². The molecular formula is C10H13Cl3N2O2S. The fourth-order valence-electron chi connectivity index (χ4n) is 1.83. The average molecular weight is 332 g/mol. The third-order valence-electron chi connectivity index (χ3n) is 2.70. The predicted octanol–water partition coefficient (Wildman–Crippen LogP) is 2.14. The van der Waals surface area contributed by atoms with E-state index >= 15 is 0 Å². The van der Waals surface area contributed by atoms with Gasteiger partial charge in [0.15, 0.2) is 0 Å². The summed E-state index contributed by atoms with van der Waals surface area (Å²) < 4.78 is 26.0. The number of rotatable bonds is 2. The number of halogens is 3. The van der Waals surface area contributed by atoms with Gasteiger partial charge in [-0.3, -0.25) is 0 Å². The first-order chi connectivity index (χ1) is 7.93. The quantitative estimate of drug-likeness (QED) is 0.903. The van der Waals surface area contributed by atoms with Gasteiger partial charge < -0.3 is 5.73 Å². The number of sulfonamides is 1. The van der Waals surface area contributed by atoms with Gasteiger partial charge in [-0.15, -0.1) is 12.4 Å². The molecule has 1 atom stereocenters. The van der Waals surface area contributed by atoms with Crippen LogP contribution in [0.2, 0.25) is 10.0 Å². The van der Waals surface area contributed by atoms with E-state index in [1.165, 1.54) is 16.4 Å². The van der Waals surface area contributed by atoms with Gasteiger partial charge in [0.05, 0.1) is 10.0 Å². The van der Waals surface area contributed by atoms with E-state index in [0.29, 0.717) is 19.5 Å². The van der Waals surface area contributed by atoms with Crippen molar-refractivity contribution in [2.45, 2.75) is 17.4 Å². The van der Waals surface area contributed by atoms with Gasteiger partial charge in [0.2, 0.25) is 10.0 Å². The molecule has 0 amide bonds. The fourth-order valence-corrected chi connectivity index (χ4v) is 4.43. The van der Waals surface area contributed by atoms with Crippen molar-refractivity contribution in [2.75, 3.05) is 13.1 Å². The van der Waals surface area contributed by atoms with E-state index in [9.17, 15) is 8.42 Å². The molecule has 2 N–H and O–H groups in total. The van der Waals surface area contributed by atoms with E-state index in [4.69, 9.17) is 28.9 Å².